The van der Waals surface area contributed by atoms with Gasteiger partial charge in [-0.15, -0.1) is 0 Å². The summed E-state index contributed by atoms with van der Waals surface area (Å²) in [5.74, 6) is -4.17. The van der Waals surface area contributed by atoms with Crippen LogP contribution in [0.15, 0.2) is 18.2 Å². The van der Waals surface area contributed by atoms with Crippen LogP contribution in [-0.2, 0) is 11.2 Å². The summed E-state index contributed by atoms with van der Waals surface area (Å²) in [5, 5.41) is 8.78. The molecule has 0 saturated carbocycles. The highest BCUT2D eigenvalue weighted by molar-refractivity contribution is 5.72. The minimum atomic E-state index is -4.73. The molecule has 1 aliphatic rings. The predicted octanol–water partition coefficient (Wildman–Crippen LogP) is 3.01. The summed E-state index contributed by atoms with van der Waals surface area (Å²) in [6.45, 7) is 1.85. The lowest BCUT2D eigenvalue weighted by Gasteiger charge is -2.33. The molecule has 0 amide bonds. The monoisotopic (exact) mass is 287 g/mol. The first-order chi connectivity index (χ1) is 9.29. The maximum atomic E-state index is 12.8. The third-order valence-electron chi connectivity index (χ3n) is 3.55. The van der Waals surface area contributed by atoms with Gasteiger partial charge in [-0.2, -0.15) is 13.2 Å². The fraction of sp³-hybridized carbons (Fsp3) is 0.500. The Morgan fingerprint density at radius 2 is 2.15 bits per heavy atom. The van der Waals surface area contributed by atoms with E-state index in [1.807, 2.05) is 19.1 Å². The van der Waals surface area contributed by atoms with E-state index < -0.39 is 24.6 Å². The number of alkyl halides is 3. The number of carboxylic acid groups (broad SMARTS) is 1. The van der Waals surface area contributed by atoms with Crippen LogP contribution in [0.4, 0.5) is 18.9 Å². The molecule has 0 radical (unpaired) electrons. The fourth-order valence-corrected chi connectivity index (χ4v) is 2.54. The zero-order valence-electron chi connectivity index (χ0n) is 11.1. The first-order valence-corrected chi connectivity index (χ1v) is 6.43. The summed E-state index contributed by atoms with van der Waals surface area (Å²) in [4.78, 5) is 12.4. The molecule has 0 spiro atoms. The summed E-state index contributed by atoms with van der Waals surface area (Å²) >= 11 is 0. The Hall–Kier alpha value is -1.72. The molecular weight excluding hydrogens is 271 g/mol. The third kappa shape index (κ3) is 3.05. The van der Waals surface area contributed by atoms with Gasteiger partial charge in [-0.05, 0) is 31.4 Å². The van der Waals surface area contributed by atoms with Crippen LogP contribution in [0.5, 0.6) is 0 Å². The fourth-order valence-electron chi connectivity index (χ4n) is 2.54. The second kappa shape index (κ2) is 5.34. The lowest BCUT2D eigenvalue weighted by molar-refractivity contribution is -0.191. The number of rotatable bonds is 3. The van der Waals surface area contributed by atoms with Crippen molar-refractivity contribution in [3.63, 3.8) is 0 Å². The molecule has 1 aliphatic heterocycles. The van der Waals surface area contributed by atoms with Gasteiger partial charge in [0.05, 0.1) is 0 Å². The molecule has 110 valence electrons. The van der Waals surface area contributed by atoms with Crippen molar-refractivity contribution in [2.45, 2.75) is 25.9 Å². The van der Waals surface area contributed by atoms with Crippen molar-refractivity contribution >= 4 is 11.7 Å². The van der Waals surface area contributed by atoms with Crippen molar-refractivity contribution in [1.82, 2.24) is 0 Å². The van der Waals surface area contributed by atoms with E-state index in [1.54, 1.807) is 6.07 Å². The Labute approximate surface area is 115 Å². The maximum Gasteiger partial charge on any atom is 0.403 e. The summed E-state index contributed by atoms with van der Waals surface area (Å²) in [6, 6.07) is 5.56. The number of aryl methyl sites for hydroxylation is 2. The Morgan fingerprint density at radius 1 is 1.45 bits per heavy atom. The molecule has 3 nitrogen and oxygen atoms in total. The van der Waals surface area contributed by atoms with E-state index in [9.17, 15) is 18.0 Å². The zero-order chi connectivity index (χ0) is 14.9. The zero-order valence-corrected chi connectivity index (χ0v) is 11.1. The number of anilines is 1. The van der Waals surface area contributed by atoms with Crippen LogP contribution in [-0.4, -0.2) is 30.3 Å². The van der Waals surface area contributed by atoms with Gasteiger partial charge in [0.25, 0.3) is 0 Å². The highest BCUT2D eigenvalue weighted by Gasteiger charge is 2.46. The van der Waals surface area contributed by atoms with Crippen LogP contribution in [0, 0.1) is 12.8 Å². The molecule has 1 N–H and O–H groups in total. The highest BCUT2D eigenvalue weighted by atomic mass is 19.4. The van der Waals surface area contributed by atoms with Crippen LogP contribution >= 0.6 is 0 Å². The summed E-state index contributed by atoms with van der Waals surface area (Å²) < 4.78 is 38.3. The van der Waals surface area contributed by atoms with Gasteiger partial charge in [0.2, 0.25) is 0 Å². The molecule has 0 fully saturated rings. The first kappa shape index (κ1) is 14.7. The number of benzene rings is 1. The minimum Gasteiger partial charge on any atom is -0.481 e. The van der Waals surface area contributed by atoms with Gasteiger partial charge in [0.15, 0.2) is 5.92 Å². The summed E-state index contributed by atoms with van der Waals surface area (Å²) in [7, 11) is 0. The molecule has 6 heteroatoms. The van der Waals surface area contributed by atoms with E-state index in [4.69, 9.17) is 5.11 Å². The smallest absolute Gasteiger partial charge is 0.403 e. The molecule has 20 heavy (non-hydrogen) atoms. The minimum absolute atomic E-state index is 0.454. The third-order valence-corrected chi connectivity index (χ3v) is 3.55. The van der Waals surface area contributed by atoms with Crippen molar-refractivity contribution in [3.05, 3.63) is 29.3 Å². The number of fused-ring (bicyclic) bond motifs is 1. The predicted molar refractivity (Wildman–Crippen MR) is 68.9 cm³/mol. The average Bonchev–Trinajstić information content (AvgIpc) is 2.33. The van der Waals surface area contributed by atoms with Crippen LogP contribution in [0.1, 0.15) is 17.5 Å². The molecule has 0 saturated heterocycles. The van der Waals surface area contributed by atoms with Crippen LogP contribution in [0.25, 0.3) is 0 Å². The number of hydrogen-bond acceptors (Lipinski definition) is 2. The topological polar surface area (TPSA) is 40.5 Å². The Bertz CT molecular complexity index is 514. The number of carbonyl (C=O) groups is 1. The number of hydrogen-bond donors (Lipinski definition) is 1. The van der Waals surface area contributed by atoms with Gasteiger partial charge in [-0.3, -0.25) is 4.79 Å². The van der Waals surface area contributed by atoms with E-state index >= 15 is 0 Å². The highest BCUT2D eigenvalue weighted by Crippen LogP contribution is 2.32. The Kier molecular flexibility index (Phi) is 3.92. The standard InChI is InChI=1S/C14H16F3NO2/c1-9-4-5-12-10(7-9)3-2-6-18(12)8-11(13(19)20)14(15,16)17/h4-5,7,11H,2-3,6,8H2,1H3,(H,19,20). The first-order valence-electron chi connectivity index (χ1n) is 6.43. The van der Waals surface area contributed by atoms with Crippen LogP contribution in [0.2, 0.25) is 0 Å². The normalized spacial score (nSPS) is 16.7. The number of halogens is 3. The molecule has 0 aliphatic carbocycles. The molecule has 1 aromatic rings. The second-order valence-electron chi connectivity index (χ2n) is 5.11. The van der Waals surface area contributed by atoms with Crippen molar-refractivity contribution in [2.24, 2.45) is 5.92 Å². The van der Waals surface area contributed by atoms with Gasteiger partial charge < -0.3 is 10.0 Å². The average molecular weight is 287 g/mol. The molecule has 2 rings (SSSR count). The largest absolute Gasteiger partial charge is 0.481 e. The number of nitrogens with zero attached hydrogens (tertiary/aromatic N) is 1. The van der Waals surface area contributed by atoms with Gasteiger partial charge in [-0.1, -0.05) is 17.7 Å². The van der Waals surface area contributed by atoms with Crippen molar-refractivity contribution in [1.29, 1.82) is 0 Å². The molecular formula is C14H16F3NO2. The van der Waals surface area contributed by atoms with E-state index in [1.165, 1.54) is 4.90 Å². The molecule has 1 atom stereocenters. The second-order valence-corrected chi connectivity index (χ2v) is 5.11. The van der Waals surface area contributed by atoms with Crippen molar-refractivity contribution in [2.75, 3.05) is 18.0 Å². The van der Waals surface area contributed by atoms with Crippen molar-refractivity contribution < 1.29 is 23.1 Å². The van der Waals surface area contributed by atoms with Crippen LogP contribution < -0.4 is 4.90 Å². The van der Waals surface area contributed by atoms with Gasteiger partial charge in [0, 0.05) is 18.8 Å². The van der Waals surface area contributed by atoms with Gasteiger partial charge >= 0.3 is 12.1 Å². The maximum absolute atomic E-state index is 12.8. The van der Waals surface area contributed by atoms with Crippen LogP contribution in [0.3, 0.4) is 0 Å². The van der Waals surface area contributed by atoms with E-state index in [0.717, 1.165) is 29.7 Å². The molecule has 0 bridgehead atoms. The molecule has 1 aromatic carbocycles. The Balaban J connectivity index is 2.25. The SMILES string of the molecule is Cc1ccc2c(c1)CCCN2CC(C(=O)O)C(F)(F)F. The number of carboxylic acids is 1. The van der Waals surface area contributed by atoms with E-state index in [-0.39, 0.29) is 0 Å². The lowest BCUT2D eigenvalue weighted by Crippen LogP contribution is -2.43. The van der Waals surface area contributed by atoms with Gasteiger partial charge in [-0.25, -0.2) is 0 Å². The van der Waals surface area contributed by atoms with Gasteiger partial charge in [0.1, 0.15) is 0 Å². The lowest BCUT2D eigenvalue weighted by atomic mass is 9.98. The molecule has 1 heterocycles. The molecule has 0 aromatic heterocycles. The summed E-state index contributed by atoms with van der Waals surface area (Å²) in [6.07, 6.45) is -3.17. The van der Waals surface area contributed by atoms with Crippen molar-refractivity contribution in [3.8, 4) is 0 Å². The Morgan fingerprint density at radius 3 is 2.75 bits per heavy atom. The summed E-state index contributed by atoms with van der Waals surface area (Å²) in [5.41, 5.74) is 2.76. The number of aliphatic carboxylic acids is 1. The van der Waals surface area contributed by atoms with E-state index in [2.05, 4.69) is 0 Å². The van der Waals surface area contributed by atoms with E-state index in [0.29, 0.717) is 6.54 Å². The molecule has 1 unspecified atom stereocenters. The quantitative estimate of drug-likeness (QED) is 0.929.